The molecule has 3 aromatic rings. The molecule has 0 radical (unpaired) electrons. The van der Waals surface area contributed by atoms with Gasteiger partial charge in [0.15, 0.2) is 5.58 Å². The maximum Gasteiger partial charge on any atom is 0.172 e. The molecule has 1 aliphatic heterocycles. The van der Waals surface area contributed by atoms with Crippen LogP contribution >= 0.6 is 0 Å². The minimum atomic E-state index is 0.665. The third kappa shape index (κ3) is 4.34. The van der Waals surface area contributed by atoms with Crippen molar-refractivity contribution in [3.63, 3.8) is 0 Å². The average Bonchev–Trinajstić information content (AvgIpc) is 3.16. The molecule has 29 heavy (non-hydrogen) atoms. The Labute approximate surface area is 172 Å². The number of hydrogen-bond acceptors (Lipinski definition) is 5. The van der Waals surface area contributed by atoms with Crippen LogP contribution in [0.4, 0.5) is 0 Å². The second kappa shape index (κ2) is 8.77. The van der Waals surface area contributed by atoms with Crippen LogP contribution < -0.4 is 5.32 Å². The zero-order valence-electron chi connectivity index (χ0n) is 17.2. The number of benzene rings is 2. The zero-order valence-corrected chi connectivity index (χ0v) is 17.2. The zero-order chi connectivity index (χ0) is 20.2. The molecule has 0 aliphatic carbocycles. The van der Waals surface area contributed by atoms with E-state index in [0.717, 1.165) is 71.7 Å². The molecule has 0 unspecified atom stereocenters. The van der Waals surface area contributed by atoms with Crippen molar-refractivity contribution in [3.05, 3.63) is 53.2 Å². The molecule has 1 N–H and O–H groups in total. The Kier molecular flexibility index (Phi) is 5.94. The predicted molar refractivity (Wildman–Crippen MR) is 115 cm³/mol. The van der Waals surface area contributed by atoms with Crippen molar-refractivity contribution in [2.75, 3.05) is 27.2 Å². The van der Waals surface area contributed by atoms with Gasteiger partial charge in [-0.05, 0) is 88.1 Å². The molecule has 150 valence electrons. The van der Waals surface area contributed by atoms with Gasteiger partial charge >= 0.3 is 0 Å². The number of nitriles is 1. The average molecular weight is 389 g/mol. The molecule has 5 nitrogen and oxygen atoms in total. The number of nitrogens with zero attached hydrogens (tertiary/aromatic N) is 3. The highest BCUT2D eigenvalue weighted by atomic mass is 16.5. The van der Waals surface area contributed by atoms with Crippen molar-refractivity contribution in [2.45, 2.75) is 32.2 Å². The summed E-state index contributed by atoms with van der Waals surface area (Å²) in [5.74, 6) is 0.775. The highest BCUT2D eigenvalue weighted by Gasteiger charge is 2.19. The van der Waals surface area contributed by atoms with Crippen LogP contribution in [0.25, 0.3) is 22.1 Å². The van der Waals surface area contributed by atoms with E-state index in [4.69, 9.17) is 4.52 Å². The molecule has 4 rings (SSSR count). The lowest BCUT2D eigenvalue weighted by Gasteiger charge is -2.21. The van der Waals surface area contributed by atoms with E-state index in [2.05, 4.69) is 53.7 Å². The minimum Gasteiger partial charge on any atom is -0.356 e. The first kappa shape index (κ1) is 19.6. The van der Waals surface area contributed by atoms with Crippen molar-refractivity contribution in [1.29, 1.82) is 5.26 Å². The van der Waals surface area contributed by atoms with Crippen LogP contribution in [0.15, 0.2) is 40.9 Å². The monoisotopic (exact) mass is 388 g/mol. The van der Waals surface area contributed by atoms with E-state index in [1.54, 1.807) is 0 Å². The summed E-state index contributed by atoms with van der Waals surface area (Å²) in [6.07, 6.45) is 4.63. The molecule has 1 aromatic heterocycles. The van der Waals surface area contributed by atoms with Crippen molar-refractivity contribution < 1.29 is 4.52 Å². The molecule has 0 atom stereocenters. The first-order chi connectivity index (χ1) is 14.2. The van der Waals surface area contributed by atoms with Gasteiger partial charge in [-0.1, -0.05) is 23.4 Å². The van der Waals surface area contributed by atoms with Gasteiger partial charge in [0.25, 0.3) is 0 Å². The highest BCUT2D eigenvalue weighted by Crippen LogP contribution is 2.34. The van der Waals surface area contributed by atoms with Gasteiger partial charge in [0.05, 0.1) is 17.3 Å². The lowest BCUT2D eigenvalue weighted by molar-refractivity contribution is 0.350. The molecule has 1 saturated heterocycles. The van der Waals surface area contributed by atoms with Gasteiger partial charge in [-0.15, -0.1) is 0 Å². The standard InChI is InChI=1S/C24H28N4O/c1-28(2)16-22-20(19-5-3-4-18(14-19)15-25)7-8-21-23(27-29-24(21)22)9-6-17-10-12-26-13-11-17/h3-5,7-8,14,17,26H,6,9-13,16H2,1-2H3. The first-order valence-electron chi connectivity index (χ1n) is 10.4. The number of hydrogen-bond donors (Lipinski definition) is 1. The predicted octanol–water partition coefficient (Wildman–Crippen LogP) is 4.36. The number of fused-ring (bicyclic) bond motifs is 1. The fraction of sp³-hybridized carbons (Fsp3) is 0.417. The second-order valence-corrected chi connectivity index (χ2v) is 8.26. The van der Waals surface area contributed by atoms with Crippen molar-refractivity contribution in [2.24, 2.45) is 5.92 Å². The van der Waals surface area contributed by atoms with Crippen LogP contribution in [0.3, 0.4) is 0 Å². The van der Waals surface area contributed by atoms with Crippen molar-refractivity contribution >= 4 is 11.0 Å². The van der Waals surface area contributed by atoms with Crippen molar-refractivity contribution in [3.8, 4) is 17.2 Å². The molecule has 0 bridgehead atoms. The maximum atomic E-state index is 9.27. The largest absolute Gasteiger partial charge is 0.356 e. The number of nitrogens with one attached hydrogen (secondary N) is 1. The van der Waals surface area contributed by atoms with Gasteiger partial charge in [-0.2, -0.15) is 5.26 Å². The molecule has 2 heterocycles. The van der Waals surface area contributed by atoms with Crippen LogP contribution in [0.2, 0.25) is 0 Å². The van der Waals surface area contributed by atoms with Gasteiger partial charge in [0.1, 0.15) is 0 Å². The van der Waals surface area contributed by atoms with Crippen LogP contribution in [-0.4, -0.2) is 37.2 Å². The third-order valence-electron chi connectivity index (χ3n) is 5.84. The Hall–Kier alpha value is -2.68. The van der Waals surface area contributed by atoms with Gasteiger partial charge in [0, 0.05) is 17.5 Å². The SMILES string of the molecule is CN(C)Cc1c(-c2cccc(C#N)c2)ccc2c(CCC3CCNCC3)noc12. The maximum absolute atomic E-state index is 9.27. The van der Waals surface area contributed by atoms with Gasteiger partial charge in [-0.3, -0.25) is 0 Å². The minimum absolute atomic E-state index is 0.665. The molecular weight excluding hydrogens is 360 g/mol. The summed E-state index contributed by atoms with van der Waals surface area (Å²) in [6.45, 7) is 3.01. The topological polar surface area (TPSA) is 65.1 Å². The number of aromatic nitrogens is 1. The molecular formula is C24H28N4O. The quantitative estimate of drug-likeness (QED) is 0.680. The summed E-state index contributed by atoms with van der Waals surface area (Å²) in [5.41, 5.74) is 5.87. The van der Waals surface area contributed by atoms with Crippen LogP contribution in [0.1, 0.15) is 36.1 Å². The Morgan fingerprint density at radius 3 is 2.79 bits per heavy atom. The number of piperidine rings is 1. The second-order valence-electron chi connectivity index (χ2n) is 8.26. The molecule has 2 aromatic carbocycles. The smallest absolute Gasteiger partial charge is 0.172 e. The fourth-order valence-electron chi connectivity index (χ4n) is 4.30. The van der Waals surface area contributed by atoms with Crippen LogP contribution in [-0.2, 0) is 13.0 Å². The molecule has 5 heteroatoms. The van der Waals surface area contributed by atoms with Crippen LogP contribution in [0.5, 0.6) is 0 Å². The van der Waals surface area contributed by atoms with Crippen molar-refractivity contribution in [1.82, 2.24) is 15.4 Å². The summed E-state index contributed by atoms with van der Waals surface area (Å²) in [6, 6.07) is 14.3. The first-order valence-corrected chi connectivity index (χ1v) is 10.4. The van der Waals surface area contributed by atoms with E-state index >= 15 is 0 Å². The van der Waals surface area contributed by atoms with E-state index < -0.39 is 0 Å². The molecule has 0 amide bonds. The Morgan fingerprint density at radius 1 is 1.21 bits per heavy atom. The van der Waals surface area contributed by atoms with E-state index in [-0.39, 0.29) is 0 Å². The van der Waals surface area contributed by atoms with Crippen LogP contribution in [0, 0.1) is 17.2 Å². The Bertz CT molecular complexity index is 1030. The summed E-state index contributed by atoms with van der Waals surface area (Å²) >= 11 is 0. The lowest BCUT2D eigenvalue weighted by atomic mass is 9.91. The van der Waals surface area contributed by atoms with Gasteiger partial charge in [0.2, 0.25) is 0 Å². The van der Waals surface area contributed by atoms with E-state index in [1.807, 2.05) is 18.2 Å². The van der Waals surface area contributed by atoms with Gasteiger partial charge < -0.3 is 14.7 Å². The van der Waals surface area contributed by atoms with Gasteiger partial charge in [-0.25, -0.2) is 0 Å². The summed E-state index contributed by atoms with van der Waals surface area (Å²) < 4.78 is 5.89. The number of rotatable bonds is 6. The third-order valence-corrected chi connectivity index (χ3v) is 5.84. The summed E-state index contributed by atoms with van der Waals surface area (Å²) in [7, 11) is 4.12. The highest BCUT2D eigenvalue weighted by molar-refractivity contribution is 5.89. The molecule has 0 saturated carbocycles. The van der Waals surface area contributed by atoms with E-state index in [0.29, 0.717) is 5.56 Å². The molecule has 1 fully saturated rings. The molecule has 0 spiro atoms. The summed E-state index contributed by atoms with van der Waals surface area (Å²) in [5, 5.41) is 18.3. The van der Waals surface area contributed by atoms with E-state index in [9.17, 15) is 5.26 Å². The number of aryl methyl sites for hydroxylation is 1. The Morgan fingerprint density at radius 2 is 2.03 bits per heavy atom. The molecule has 1 aliphatic rings. The lowest BCUT2D eigenvalue weighted by Crippen LogP contribution is -2.27. The van der Waals surface area contributed by atoms with E-state index in [1.165, 1.54) is 12.8 Å². The fourth-order valence-corrected chi connectivity index (χ4v) is 4.30. The Balaban J connectivity index is 1.69. The normalized spacial score (nSPS) is 15.1. The summed E-state index contributed by atoms with van der Waals surface area (Å²) in [4.78, 5) is 2.14.